The maximum absolute atomic E-state index is 10.9. The number of nitrogens with zero attached hydrogens (tertiary/aromatic N) is 2. The summed E-state index contributed by atoms with van der Waals surface area (Å²) in [6.45, 7) is 0. The van der Waals surface area contributed by atoms with Crippen LogP contribution >= 0.6 is 0 Å². The second-order valence-corrected chi connectivity index (χ2v) is 11.7. The van der Waals surface area contributed by atoms with Gasteiger partial charge in [0.15, 0.2) is 0 Å². The van der Waals surface area contributed by atoms with E-state index in [4.69, 9.17) is 0 Å². The summed E-state index contributed by atoms with van der Waals surface area (Å²) < 4.78 is 4.66. The topological polar surface area (TPSA) is 50.3 Å². The van der Waals surface area contributed by atoms with E-state index in [0.29, 0.717) is 0 Å². The normalized spacial score (nSPS) is 12.0. The summed E-state index contributed by atoms with van der Waals surface area (Å²) in [5.74, 6) is 0.554. The van der Waals surface area contributed by atoms with E-state index < -0.39 is 0 Å². The van der Waals surface area contributed by atoms with Gasteiger partial charge in [0.25, 0.3) is 0 Å². The number of phenolic OH excluding ortho intramolecular Hbond substituents is 2. The molecule has 0 bridgehead atoms. The highest BCUT2D eigenvalue weighted by Crippen LogP contribution is 2.52. The van der Waals surface area contributed by atoms with Gasteiger partial charge in [-0.15, -0.1) is 0 Å². The van der Waals surface area contributed by atoms with Gasteiger partial charge in [0.05, 0.1) is 11.0 Å². The molecule has 0 aliphatic heterocycles. The van der Waals surface area contributed by atoms with Crippen molar-refractivity contribution in [1.82, 2.24) is 9.13 Å². The van der Waals surface area contributed by atoms with Gasteiger partial charge in [-0.05, 0) is 58.3 Å². The second kappa shape index (κ2) is 8.88. The molecule has 9 rings (SSSR count). The summed E-state index contributed by atoms with van der Waals surface area (Å²) in [6, 6.07) is 41.3. The van der Waals surface area contributed by atoms with Crippen molar-refractivity contribution in [2.45, 2.75) is 0 Å². The minimum atomic E-state index is 0.277. The molecule has 0 amide bonds. The van der Waals surface area contributed by atoms with Crippen molar-refractivity contribution in [2.75, 3.05) is 0 Å². The largest absolute Gasteiger partial charge is 0.507 e. The maximum Gasteiger partial charge on any atom is 0.123 e. The molecule has 210 valence electrons. The number of aryl methyl sites for hydroxylation is 2. The predicted octanol–water partition coefficient (Wildman–Crippen LogP) is 10.0. The molecule has 9 aromatic rings. The van der Waals surface area contributed by atoms with Crippen LogP contribution in [0.25, 0.3) is 87.4 Å². The molecule has 2 heterocycles. The average Bonchev–Trinajstić information content (AvgIpc) is 3.53. The van der Waals surface area contributed by atoms with E-state index in [0.717, 1.165) is 65.9 Å². The zero-order valence-electron chi connectivity index (χ0n) is 24.3. The fourth-order valence-electron chi connectivity index (χ4n) is 7.64. The van der Waals surface area contributed by atoms with Crippen LogP contribution in [0.1, 0.15) is 0 Å². The number of phenols is 2. The molecule has 7 aromatic carbocycles. The first kappa shape index (κ1) is 24.8. The zero-order chi connectivity index (χ0) is 29.7. The van der Waals surface area contributed by atoms with Crippen molar-refractivity contribution in [3.8, 4) is 33.8 Å². The van der Waals surface area contributed by atoms with Crippen LogP contribution in [-0.2, 0) is 14.1 Å². The Bertz CT molecular complexity index is 2470. The first-order valence-electron chi connectivity index (χ1n) is 14.9. The van der Waals surface area contributed by atoms with Crippen molar-refractivity contribution < 1.29 is 10.2 Å². The van der Waals surface area contributed by atoms with Crippen LogP contribution in [0.3, 0.4) is 0 Å². The number of hydrogen-bond donors (Lipinski definition) is 2. The fraction of sp³-hybridized carbons (Fsp3) is 0.0500. The first-order valence-corrected chi connectivity index (χ1v) is 14.9. The lowest BCUT2D eigenvalue weighted by atomic mass is 9.86. The van der Waals surface area contributed by atoms with Gasteiger partial charge in [-0.25, -0.2) is 0 Å². The summed E-state index contributed by atoms with van der Waals surface area (Å²) in [4.78, 5) is 0. The predicted molar refractivity (Wildman–Crippen MR) is 184 cm³/mol. The lowest BCUT2D eigenvalue weighted by molar-refractivity contribution is 0.481. The molecule has 0 fully saturated rings. The number of aromatic nitrogens is 2. The number of fused-ring (bicyclic) bond motifs is 8. The average molecular weight is 569 g/mol. The standard InChI is InChI=1S/C40H28N2O2/c1-41-31-17-9-7-15-29(31)37-36(28-20-22-34(44)26-14-6-4-12-24(26)28)40-38(30-16-8-10-18-32(30)42(40)2)35(39(37)41)27-19-21-33(43)25-13-5-3-11-23(25)27/h3-22,43-44H,1-2H3. The number of benzene rings is 7. The highest BCUT2D eigenvalue weighted by Gasteiger charge is 2.28. The van der Waals surface area contributed by atoms with E-state index in [2.05, 4.69) is 96.0 Å². The van der Waals surface area contributed by atoms with Gasteiger partial charge in [-0.2, -0.15) is 0 Å². The third-order valence-electron chi connectivity index (χ3n) is 9.53. The Morgan fingerprint density at radius 2 is 0.727 bits per heavy atom. The molecule has 0 unspecified atom stereocenters. The third kappa shape index (κ3) is 3.12. The summed E-state index contributed by atoms with van der Waals surface area (Å²) in [7, 11) is 4.32. The van der Waals surface area contributed by atoms with Crippen molar-refractivity contribution >= 4 is 65.2 Å². The zero-order valence-corrected chi connectivity index (χ0v) is 24.3. The van der Waals surface area contributed by atoms with Crippen molar-refractivity contribution in [3.63, 3.8) is 0 Å². The molecular weight excluding hydrogens is 540 g/mol. The third-order valence-corrected chi connectivity index (χ3v) is 9.53. The van der Waals surface area contributed by atoms with Crippen LogP contribution in [0.4, 0.5) is 0 Å². The van der Waals surface area contributed by atoms with Crippen molar-refractivity contribution in [2.24, 2.45) is 14.1 Å². The van der Waals surface area contributed by atoms with Crippen LogP contribution in [0.5, 0.6) is 11.5 Å². The highest BCUT2D eigenvalue weighted by molar-refractivity contribution is 6.34. The number of rotatable bonds is 2. The number of para-hydroxylation sites is 2. The van der Waals surface area contributed by atoms with Gasteiger partial charge in [0.2, 0.25) is 0 Å². The van der Waals surface area contributed by atoms with Gasteiger partial charge in [-0.1, -0.05) is 84.9 Å². The molecule has 0 spiro atoms. The molecule has 2 aromatic heterocycles. The van der Waals surface area contributed by atoms with Gasteiger partial charge in [-0.3, -0.25) is 0 Å². The molecular formula is C40H28N2O2. The summed E-state index contributed by atoms with van der Waals surface area (Å²) >= 11 is 0. The molecule has 44 heavy (non-hydrogen) atoms. The van der Waals surface area contributed by atoms with Gasteiger partial charge >= 0.3 is 0 Å². The number of hydrogen-bond acceptors (Lipinski definition) is 2. The van der Waals surface area contributed by atoms with Gasteiger partial charge in [0, 0.05) is 68.6 Å². The van der Waals surface area contributed by atoms with Gasteiger partial charge in [0.1, 0.15) is 11.5 Å². The van der Waals surface area contributed by atoms with E-state index in [9.17, 15) is 10.2 Å². The van der Waals surface area contributed by atoms with E-state index in [-0.39, 0.29) is 11.5 Å². The van der Waals surface area contributed by atoms with Crippen LogP contribution in [0.2, 0.25) is 0 Å². The Kier molecular flexibility index (Phi) is 5.01. The Balaban J connectivity index is 1.65. The molecule has 4 nitrogen and oxygen atoms in total. The van der Waals surface area contributed by atoms with Gasteiger partial charge < -0.3 is 19.3 Å². The van der Waals surface area contributed by atoms with Crippen LogP contribution in [0, 0.1) is 0 Å². The molecule has 0 saturated carbocycles. The van der Waals surface area contributed by atoms with E-state index in [1.807, 2.05) is 48.5 Å². The maximum atomic E-state index is 10.9. The minimum Gasteiger partial charge on any atom is -0.507 e. The van der Waals surface area contributed by atoms with E-state index in [1.54, 1.807) is 0 Å². The smallest absolute Gasteiger partial charge is 0.123 e. The minimum absolute atomic E-state index is 0.277. The Hall–Kier alpha value is -5.74. The summed E-state index contributed by atoms with van der Waals surface area (Å²) in [6.07, 6.45) is 0. The lowest BCUT2D eigenvalue weighted by Gasteiger charge is -2.18. The van der Waals surface area contributed by atoms with E-state index in [1.165, 1.54) is 21.5 Å². The molecule has 4 heteroatoms. The SMILES string of the molecule is Cn1c2ccccc2c2c(-c3ccc(O)c4ccccc34)c3c(c(-c4ccc(O)c5ccccc45)c21)c1ccccc1n3C. The summed E-state index contributed by atoms with van der Waals surface area (Å²) in [5.41, 5.74) is 9.03. The van der Waals surface area contributed by atoms with Crippen LogP contribution < -0.4 is 0 Å². The van der Waals surface area contributed by atoms with Crippen LogP contribution in [0.15, 0.2) is 121 Å². The molecule has 0 radical (unpaired) electrons. The van der Waals surface area contributed by atoms with Crippen molar-refractivity contribution in [3.05, 3.63) is 121 Å². The van der Waals surface area contributed by atoms with Crippen molar-refractivity contribution in [1.29, 1.82) is 0 Å². The number of aromatic hydroxyl groups is 2. The monoisotopic (exact) mass is 568 g/mol. The molecule has 0 atom stereocenters. The first-order chi connectivity index (χ1) is 21.5. The second-order valence-electron chi connectivity index (χ2n) is 11.7. The Morgan fingerprint density at radius 1 is 0.386 bits per heavy atom. The molecule has 0 aliphatic carbocycles. The van der Waals surface area contributed by atoms with Crippen LogP contribution in [-0.4, -0.2) is 19.3 Å². The molecule has 2 N–H and O–H groups in total. The molecule has 0 saturated heterocycles. The summed E-state index contributed by atoms with van der Waals surface area (Å²) in [5, 5.41) is 30.2. The molecule has 0 aliphatic rings. The lowest BCUT2D eigenvalue weighted by Crippen LogP contribution is -1.97. The van der Waals surface area contributed by atoms with E-state index >= 15 is 0 Å². The highest BCUT2D eigenvalue weighted by atomic mass is 16.3. The quantitative estimate of drug-likeness (QED) is 0.218. The fourth-order valence-corrected chi connectivity index (χ4v) is 7.64. The Labute approximate surface area is 253 Å². The Morgan fingerprint density at radius 3 is 1.14 bits per heavy atom.